The number of amides is 2. The van der Waals surface area contributed by atoms with Crippen molar-refractivity contribution in [2.24, 2.45) is 0 Å². The molecule has 0 fully saturated rings. The third-order valence-corrected chi connectivity index (χ3v) is 3.05. The van der Waals surface area contributed by atoms with Gasteiger partial charge >= 0.3 is 6.03 Å². The second-order valence-corrected chi connectivity index (χ2v) is 5.07. The van der Waals surface area contributed by atoms with Crippen molar-refractivity contribution < 1.29 is 14.3 Å². The van der Waals surface area contributed by atoms with Crippen LogP contribution in [0.15, 0.2) is 22.6 Å². The summed E-state index contributed by atoms with van der Waals surface area (Å²) in [6.07, 6.45) is 4.71. The molecule has 2 amide bonds. The number of carbonyl (C=O) groups is 1. The molecule has 3 N–H and O–H groups in total. The lowest BCUT2D eigenvalue weighted by Gasteiger charge is -2.23. The van der Waals surface area contributed by atoms with E-state index >= 15 is 0 Å². The maximum atomic E-state index is 11.6. The number of rotatable bonds is 6. The summed E-state index contributed by atoms with van der Waals surface area (Å²) in [4.78, 5) is 11.6. The van der Waals surface area contributed by atoms with Crippen LogP contribution in [-0.2, 0) is 5.60 Å². The molecule has 1 atom stereocenters. The van der Waals surface area contributed by atoms with Crippen molar-refractivity contribution in [3.8, 4) is 0 Å². The molecule has 0 radical (unpaired) electrons. The van der Waals surface area contributed by atoms with Crippen LogP contribution >= 0.6 is 0 Å². The SMILES string of the molecule is CC=CCCNC(=O)NCC(C)(O)c1cc(C)oc1C. The van der Waals surface area contributed by atoms with E-state index in [9.17, 15) is 9.90 Å². The minimum absolute atomic E-state index is 0.127. The van der Waals surface area contributed by atoms with Gasteiger partial charge in [-0.2, -0.15) is 0 Å². The Morgan fingerprint density at radius 3 is 2.70 bits per heavy atom. The summed E-state index contributed by atoms with van der Waals surface area (Å²) < 4.78 is 5.40. The average Bonchev–Trinajstić information content (AvgIpc) is 2.72. The van der Waals surface area contributed by atoms with E-state index in [-0.39, 0.29) is 12.6 Å². The Balaban J connectivity index is 2.47. The molecule has 20 heavy (non-hydrogen) atoms. The highest BCUT2D eigenvalue weighted by Gasteiger charge is 2.28. The van der Waals surface area contributed by atoms with Crippen LogP contribution in [0.2, 0.25) is 0 Å². The lowest BCUT2D eigenvalue weighted by atomic mass is 9.96. The van der Waals surface area contributed by atoms with Gasteiger partial charge < -0.3 is 20.2 Å². The van der Waals surface area contributed by atoms with Gasteiger partial charge in [0, 0.05) is 12.1 Å². The first kappa shape index (κ1) is 16.3. The first-order valence-corrected chi connectivity index (χ1v) is 6.79. The van der Waals surface area contributed by atoms with Gasteiger partial charge in [-0.1, -0.05) is 12.2 Å². The second-order valence-electron chi connectivity index (χ2n) is 5.07. The summed E-state index contributed by atoms with van der Waals surface area (Å²) in [5.41, 5.74) is -0.452. The average molecular weight is 280 g/mol. The molecular weight excluding hydrogens is 256 g/mol. The van der Waals surface area contributed by atoms with Gasteiger partial charge in [-0.3, -0.25) is 0 Å². The zero-order chi connectivity index (χ0) is 15.2. The van der Waals surface area contributed by atoms with Gasteiger partial charge in [0.25, 0.3) is 0 Å². The molecule has 5 heteroatoms. The lowest BCUT2D eigenvalue weighted by molar-refractivity contribution is 0.0579. The fraction of sp³-hybridized carbons (Fsp3) is 0.533. The minimum Gasteiger partial charge on any atom is -0.466 e. The van der Waals surface area contributed by atoms with Crippen LogP contribution in [-0.4, -0.2) is 24.2 Å². The summed E-state index contributed by atoms with van der Waals surface area (Å²) in [7, 11) is 0. The molecule has 0 aliphatic rings. The van der Waals surface area contributed by atoms with Crippen LogP contribution in [0, 0.1) is 13.8 Å². The van der Waals surface area contributed by atoms with Gasteiger partial charge in [-0.05, 0) is 40.2 Å². The van der Waals surface area contributed by atoms with E-state index in [2.05, 4.69) is 10.6 Å². The molecule has 0 spiro atoms. The van der Waals surface area contributed by atoms with Gasteiger partial charge in [0.2, 0.25) is 0 Å². The van der Waals surface area contributed by atoms with Gasteiger partial charge in [0.1, 0.15) is 17.1 Å². The molecule has 1 aromatic heterocycles. The maximum Gasteiger partial charge on any atom is 0.314 e. The third-order valence-electron chi connectivity index (χ3n) is 3.05. The first-order valence-electron chi connectivity index (χ1n) is 6.79. The summed E-state index contributed by atoms with van der Waals surface area (Å²) >= 11 is 0. The van der Waals surface area contributed by atoms with E-state index in [4.69, 9.17) is 4.42 Å². The van der Waals surface area contributed by atoms with Crippen molar-refractivity contribution >= 4 is 6.03 Å². The molecule has 0 aliphatic carbocycles. The summed E-state index contributed by atoms with van der Waals surface area (Å²) in [5, 5.41) is 15.8. The van der Waals surface area contributed by atoms with E-state index in [1.807, 2.05) is 26.0 Å². The van der Waals surface area contributed by atoms with Crippen LogP contribution in [0.25, 0.3) is 0 Å². The van der Waals surface area contributed by atoms with Crippen molar-refractivity contribution in [1.82, 2.24) is 10.6 Å². The van der Waals surface area contributed by atoms with Crippen LogP contribution in [0.3, 0.4) is 0 Å². The number of carbonyl (C=O) groups excluding carboxylic acids is 1. The Morgan fingerprint density at radius 1 is 1.45 bits per heavy atom. The molecule has 1 unspecified atom stereocenters. The fourth-order valence-electron chi connectivity index (χ4n) is 2.01. The summed E-state index contributed by atoms with van der Waals surface area (Å²) in [6.45, 7) is 7.92. The third kappa shape index (κ3) is 4.74. The zero-order valence-corrected chi connectivity index (χ0v) is 12.6. The number of aliphatic hydroxyl groups is 1. The summed E-state index contributed by atoms with van der Waals surface area (Å²) in [6, 6.07) is 1.51. The first-order chi connectivity index (χ1) is 9.36. The van der Waals surface area contributed by atoms with Crippen molar-refractivity contribution in [3.63, 3.8) is 0 Å². The van der Waals surface area contributed by atoms with Gasteiger partial charge in [-0.25, -0.2) is 4.79 Å². The van der Waals surface area contributed by atoms with Crippen molar-refractivity contribution in [1.29, 1.82) is 0 Å². The second kappa shape index (κ2) is 7.14. The van der Waals surface area contributed by atoms with E-state index in [1.165, 1.54) is 0 Å². The van der Waals surface area contributed by atoms with Gasteiger partial charge in [0.05, 0.1) is 6.54 Å². The number of furan rings is 1. The molecule has 0 bridgehead atoms. The Labute approximate surface area is 120 Å². The number of urea groups is 1. The molecule has 0 aliphatic heterocycles. The van der Waals surface area contributed by atoms with Crippen LogP contribution in [0.1, 0.15) is 37.4 Å². The van der Waals surface area contributed by atoms with E-state index in [1.54, 1.807) is 19.9 Å². The molecule has 1 aromatic rings. The maximum absolute atomic E-state index is 11.6. The number of hydrogen-bond acceptors (Lipinski definition) is 3. The number of nitrogens with one attached hydrogen (secondary N) is 2. The number of aryl methyl sites for hydroxylation is 2. The van der Waals surface area contributed by atoms with Crippen LogP contribution in [0.5, 0.6) is 0 Å². The highest BCUT2D eigenvalue weighted by atomic mass is 16.3. The predicted octanol–water partition coefficient (Wildman–Crippen LogP) is 2.37. The Morgan fingerprint density at radius 2 is 2.15 bits per heavy atom. The van der Waals surface area contributed by atoms with E-state index in [0.29, 0.717) is 17.9 Å². The number of allylic oxidation sites excluding steroid dienone is 1. The minimum atomic E-state index is -1.15. The zero-order valence-electron chi connectivity index (χ0n) is 12.6. The standard InChI is InChI=1S/C15H24N2O3/c1-5-6-7-8-16-14(18)17-10-15(4,19)13-9-11(2)20-12(13)3/h5-6,9,19H,7-8,10H2,1-4H3,(H2,16,17,18). The molecule has 1 rings (SSSR count). The highest BCUT2D eigenvalue weighted by Crippen LogP contribution is 2.26. The van der Waals surface area contributed by atoms with E-state index < -0.39 is 5.60 Å². The Bertz CT molecular complexity index is 475. The van der Waals surface area contributed by atoms with Crippen LogP contribution < -0.4 is 10.6 Å². The van der Waals surface area contributed by atoms with Crippen molar-refractivity contribution in [2.45, 2.75) is 39.7 Å². The van der Waals surface area contributed by atoms with Crippen molar-refractivity contribution in [3.05, 3.63) is 35.3 Å². The largest absolute Gasteiger partial charge is 0.466 e. The van der Waals surface area contributed by atoms with E-state index in [0.717, 1.165) is 12.2 Å². The Hall–Kier alpha value is -1.75. The molecule has 1 heterocycles. The normalized spacial score (nSPS) is 14.2. The molecule has 0 aromatic carbocycles. The summed E-state index contributed by atoms with van der Waals surface area (Å²) in [5.74, 6) is 1.41. The molecule has 0 saturated carbocycles. The predicted molar refractivity (Wildman–Crippen MR) is 78.6 cm³/mol. The fourth-order valence-corrected chi connectivity index (χ4v) is 2.01. The van der Waals surface area contributed by atoms with Gasteiger partial charge in [-0.15, -0.1) is 0 Å². The molecular formula is C15H24N2O3. The Kier molecular flexibility index (Phi) is 5.82. The molecule has 0 saturated heterocycles. The monoisotopic (exact) mass is 280 g/mol. The molecule has 112 valence electrons. The molecule has 5 nitrogen and oxygen atoms in total. The van der Waals surface area contributed by atoms with Gasteiger partial charge in [0.15, 0.2) is 0 Å². The quantitative estimate of drug-likeness (QED) is 0.553. The van der Waals surface area contributed by atoms with Crippen LogP contribution in [0.4, 0.5) is 4.79 Å². The van der Waals surface area contributed by atoms with Crippen molar-refractivity contribution in [2.75, 3.05) is 13.1 Å². The topological polar surface area (TPSA) is 74.5 Å². The lowest BCUT2D eigenvalue weighted by Crippen LogP contribution is -2.43. The highest BCUT2D eigenvalue weighted by molar-refractivity contribution is 5.73. The number of hydrogen-bond donors (Lipinski definition) is 3. The smallest absolute Gasteiger partial charge is 0.314 e.